The molecular formula is C17H23F2NO. The summed E-state index contributed by atoms with van der Waals surface area (Å²) >= 11 is 0. The highest BCUT2D eigenvalue weighted by Gasteiger charge is 2.25. The lowest BCUT2D eigenvalue weighted by molar-refractivity contribution is 0.0923. The highest BCUT2D eigenvalue weighted by atomic mass is 19.2. The molecule has 1 aliphatic carbocycles. The molecule has 0 saturated heterocycles. The van der Waals surface area contributed by atoms with Crippen molar-refractivity contribution >= 4 is 5.78 Å². The van der Waals surface area contributed by atoms with Crippen molar-refractivity contribution in [1.29, 1.82) is 0 Å². The molecular weight excluding hydrogens is 272 g/mol. The van der Waals surface area contributed by atoms with E-state index in [9.17, 15) is 13.6 Å². The van der Waals surface area contributed by atoms with Gasteiger partial charge in [0.15, 0.2) is 17.4 Å². The van der Waals surface area contributed by atoms with Crippen molar-refractivity contribution in [1.82, 2.24) is 4.90 Å². The summed E-state index contributed by atoms with van der Waals surface area (Å²) in [4.78, 5) is 14.2. The van der Waals surface area contributed by atoms with Gasteiger partial charge >= 0.3 is 0 Å². The Bertz CT molecular complexity index is 504. The molecule has 0 radical (unpaired) electrons. The maximum absolute atomic E-state index is 13.6. The van der Waals surface area contributed by atoms with Crippen LogP contribution in [0.1, 0.15) is 49.4 Å². The van der Waals surface area contributed by atoms with Gasteiger partial charge in [0.05, 0.1) is 5.56 Å². The van der Waals surface area contributed by atoms with E-state index in [1.807, 2.05) is 7.05 Å². The molecule has 1 aromatic carbocycles. The SMILES string of the molecule is CC1CCCCC1N(C)CCC(=O)c1cccc(F)c1F. The van der Waals surface area contributed by atoms with Crippen LogP contribution < -0.4 is 0 Å². The summed E-state index contributed by atoms with van der Waals surface area (Å²) in [7, 11) is 2.02. The maximum atomic E-state index is 13.6. The Kier molecular flexibility index (Phi) is 5.45. The van der Waals surface area contributed by atoms with Crippen LogP contribution in [0, 0.1) is 17.6 Å². The average molecular weight is 295 g/mol. The lowest BCUT2D eigenvalue weighted by atomic mass is 9.85. The predicted octanol–water partition coefficient (Wildman–Crippen LogP) is 4.05. The summed E-state index contributed by atoms with van der Waals surface area (Å²) in [6, 6.07) is 4.24. The fraction of sp³-hybridized carbons (Fsp3) is 0.588. The molecule has 0 amide bonds. The topological polar surface area (TPSA) is 20.3 Å². The average Bonchev–Trinajstić information content (AvgIpc) is 2.47. The van der Waals surface area contributed by atoms with E-state index in [2.05, 4.69) is 11.8 Å². The number of nitrogens with zero attached hydrogens (tertiary/aromatic N) is 1. The highest BCUT2D eigenvalue weighted by molar-refractivity contribution is 5.96. The second-order valence-corrected chi connectivity index (χ2v) is 6.08. The van der Waals surface area contributed by atoms with Gasteiger partial charge in [-0.25, -0.2) is 8.78 Å². The zero-order chi connectivity index (χ0) is 15.4. The zero-order valence-corrected chi connectivity index (χ0v) is 12.7. The standard InChI is InChI=1S/C17H23F2NO/c1-12-6-3-4-9-15(12)20(2)11-10-16(21)13-7-5-8-14(18)17(13)19/h5,7-8,12,15H,3-4,6,9-11H2,1-2H3. The lowest BCUT2D eigenvalue weighted by Gasteiger charge is -2.36. The molecule has 0 aliphatic heterocycles. The molecule has 2 unspecified atom stereocenters. The van der Waals surface area contributed by atoms with Gasteiger partial charge in [-0.15, -0.1) is 0 Å². The molecule has 4 heteroatoms. The first-order valence-corrected chi connectivity index (χ1v) is 7.68. The van der Waals surface area contributed by atoms with E-state index in [1.54, 1.807) is 0 Å². The van der Waals surface area contributed by atoms with Gasteiger partial charge in [-0.05, 0) is 37.9 Å². The van der Waals surface area contributed by atoms with Crippen LogP contribution in [0.25, 0.3) is 0 Å². The number of rotatable bonds is 5. The fourth-order valence-electron chi connectivity index (χ4n) is 3.25. The summed E-state index contributed by atoms with van der Waals surface area (Å²) in [6.07, 6.45) is 5.10. The van der Waals surface area contributed by atoms with Gasteiger partial charge < -0.3 is 4.90 Å². The highest BCUT2D eigenvalue weighted by Crippen LogP contribution is 2.27. The third-order valence-electron chi connectivity index (χ3n) is 4.58. The predicted molar refractivity (Wildman–Crippen MR) is 79.4 cm³/mol. The Morgan fingerprint density at radius 2 is 2.00 bits per heavy atom. The fourth-order valence-corrected chi connectivity index (χ4v) is 3.25. The molecule has 0 N–H and O–H groups in total. The van der Waals surface area contributed by atoms with Gasteiger partial charge in [-0.3, -0.25) is 4.79 Å². The Labute approximate surface area is 125 Å². The smallest absolute Gasteiger partial charge is 0.169 e. The normalized spacial score (nSPS) is 22.5. The molecule has 1 fully saturated rings. The van der Waals surface area contributed by atoms with Crippen LogP contribution in [-0.2, 0) is 0 Å². The number of hydrogen-bond donors (Lipinski definition) is 0. The molecule has 2 rings (SSSR count). The molecule has 2 nitrogen and oxygen atoms in total. The van der Waals surface area contributed by atoms with Gasteiger partial charge in [0.2, 0.25) is 0 Å². The summed E-state index contributed by atoms with van der Waals surface area (Å²) in [5.74, 6) is -1.70. The van der Waals surface area contributed by atoms with Crippen molar-refractivity contribution in [3.8, 4) is 0 Å². The van der Waals surface area contributed by atoms with Crippen molar-refractivity contribution in [3.63, 3.8) is 0 Å². The molecule has 1 aliphatic rings. The van der Waals surface area contributed by atoms with Crippen molar-refractivity contribution in [2.45, 2.75) is 45.1 Å². The van der Waals surface area contributed by atoms with Crippen molar-refractivity contribution in [3.05, 3.63) is 35.4 Å². The van der Waals surface area contributed by atoms with E-state index in [0.717, 1.165) is 12.5 Å². The number of carbonyl (C=O) groups excluding carboxylic acids is 1. The van der Waals surface area contributed by atoms with Gasteiger partial charge in [0.1, 0.15) is 0 Å². The molecule has 0 spiro atoms. The summed E-state index contributed by atoms with van der Waals surface area (Å²) in [5, 5.41) is 0. The minimum Gasteiger partial charge on any atom is -0.303 e. The summed E-state index contributed by atoms with van der Waals surface area (Å²) < 4.78 is 26.7. The Hall–Kier alpha value is -1.29. The molecule has 2 atom stereocenters. The van der Waals surface area contributed by atoms with E-state index < -0.39 is 11.6 Å². The monoisotopic (exact) mass is 295 g/mol. The van der Waals surface area contributed by atoms with Crippen LogP contribution in [0.15, 0.2) is 18.2 Å². The van der Waals surface area contributed by atoms with E-state index in [4.69, 9.17) is 0 Å². The zero-order valence-electron chi connectivity index (χ0n) is 12.7. The summed E-state index contributed by atoms with van der Waals surface area (Å²) in [5.41, 5.74) is -0.139. The molecule has 0 aromatic heterocycles. The molecule has 0 heterocycles. The van der Waals surface area contributed by atoms with Gasteiger partial charge in [0.25, 0.3) is 0 Å². The molecule has 1 aromatic rings. The molecule has 1 saturated carbocycles. The van der Waals surface area contributed by atoms with Crippen LogP contribution in [0.2, 0.25) is 0 Å². The quantitative estimate of drug-likeness (QED) is 0.764. The number of carbonyl (C=O) groups is 1. The Morgan fingerprint density at radius 3 is 2.71 bits per heavy atom. The van der Waals surface area contributed by atoms with Gasteiger partial charge in [0, 0.05) is 19.0 Å². The second kappa shape index (κ2) is 7.12. The Balaban J connectivity index is 1.93. The molecule has 21 heavy (non-hydrogen) atoms. The van der Waals surface area contributed by atoms with E-state index >= 15 is 0 Å². The van der Waals surface area contributed by atoms with Crippen LogP contribution in [-0.4, -0.2) is 30.3 Å². The number of benzene rings is 1. The minimum atomic E-state index is -1.03. The number of ketones is 1. The van der Waals surface area contributed by atoms with E-state index in [0.29, 0.717) is 18.5 Å². The minimum absolute atomic E-state index is 0.139. The van der Waals surface area contributed by atoms with Crippen LogP contribution in [0.5, 0.6) is 0 Å². The Morgan fingerprint density at radius 1 is 1.29 bits per heavy atom. The molecule has 116 valence electrons. The lowest BCUT2D eigenvalue weighted by Crippen LogP contribution is -2.39. The van der Waals surface area contributed by atoms with Gasteiger partial charge in [-0.1, -0.05) is 25.8 Å². The molecule has 0 bridgehead atoms. The van der Waals surface area contributed by atoms with Crippen LogP contribution >= 0.6 is 0 Å². The number of halogens is 2. The van der Waals surface area contributed by atoms with Crippen molar-refractivity contribution in [2.24, 2.45) is 5.92 Å². The van der Waals surface area contributed by atoms with Crippen molar-refractivity contribution in [2.75, 3.05) is 13.6 Å². The summed E-state index contributed by atoms with van der Waals surface area (Å²) in [6.45, 7) is 2.83. The number of hydrogen-bond acceptors (Lipinski definition) is 2. The van der Waals surface area contributed by atoms with Crippen LogP contribution in [0.4, 0.5) is 8.78 Å². The second-order valence-electron chi connectivity index (χ2n) is 6.08. The van der Waals surface area contributed by atoms with E-state index in [1.165, 1.54) is 31.4 Å². The maximum Gasteiger partial charge on any atom is 0.169 e. The van der Waals surface area contributed by atoms with Gasteiger partial charge in [-0.2, -0.15) is 0 Å². The largest absolute Gasteiger partial charge is 0.303 e. The number of Topliss-reactive ketones (excluding diaryl/α,β-unsaturated/α-hetero) is 1. The first kappa shape index (κ1) is 16.1. The van der Waals surface area contributed by atoms with E-state index in [-0.39, 0.29) is 17.8 Å². The third kappa shape index (κ3) is 3.88. The first-order chi connectivity index (χ1) is 10.0. The van der Waals surface area contributed by atoms with Crippen molar-refractivity contribution < 1.29 is 13.6 Å². The third-order valence-corrected chi connectivity index (χ3v) is 4.58. The van der Waals surface area contributed by atoms with Crippen LogP contribution in [0.3, 0.4) is 0 Å². The first-order valence-electron chi connectivity index (χ1n) is 7.68.